The molecule has 108 valence electrons. The van der Waals surface area contributed by atoms with Crippen LogP contribution in [0.4, 0.5) is 0 Å². The zero-order valence-electron chi connectivity index (χ0n) is 11.9. The first kappa shape index (κ1) is 13.4. The van der Waals surface area contributed by atoms with Gasteiger partial charge in [0, 0.05) is 18.7 Å². The Morgan fingerprint density at radius 1 is 1.33 bits per heavy atom. The second-order valence-corrected chi connectivity index (χ2v) is 5.11. The van der Waals surface area contributed by atoms with Gasteiger partial charge in [0.25, 0.3) is 5.56 Å². The van der Waals surface area contributed by atoms with Crippen LogP contribution in [0.2, 0.25) is 0 Å². The Kier molecular flexibility index (Phi) is 3.21. The van der Waals surface area contributed by atoms with Crippen molar-refractivity contribution in [1.29, 1.82) is 0 Å². The summed E-state index contributed by atoms with van der Waals surface area (Å²) in [4.78, 5) is 12.2. The quantitative estimate of drug-likeness (QED) is 0.926. The van der Waals surface area contributed by atoms with Gasteiger partial charge in [-0.05, 0) is 19.1 Å². The topological polar surface area (TPSA) is 68.5 Å². The SMILES string of the molecule is COc1cc(=O)n(-c2ccccc2)nc1C1(C)CC=NN1. The summed E-state index contributed by atoms with van der Waals surface area (Å²) in [7, 11) is 1.53. The Morgan fingerprint density at radius 3 is 2.71 bits per heavy atom. The van der Waals surface area contributed by atoms with Gasteiger partial charge in [-0.1, -0.05) is 18.2 Å². The van der Waals surface area contributed by atoms with E-state index >= 15 is 0 Å². The standard InChI is InChI=1S/C15H16N4O2/c1-15(8-9-16-18-15)14-12(21-2)10-13(20)19(17-14)11-6-4-3-5-7-11/h3-7,9-10,18H,8H2,1-2H3. The molecule has 1 unspecified atom stereocenters. The van der Waals surface area contributed by atoms with E-state index in [0.29, 0.717) is 23.6 Å². The largest absolute Gasteiger partial charge is 0.494 e. The lowest BCUT2D eigenvalue weighted by Gasteiger charge is -2.25. The zero-order chi connectivity index (χ0) is 14.9. The summed E-state index contributed by atoms with van der Waals surface area (Å²) >= 11 is 0. The van der Waals surface area contributed by atoms with E-state index in [4.69, 9.17) is 4.74 Å². The first-order valence-corrected chi connectivity index (χ1v) is 6.67. The van der Waals surface area contributed by atoms with Crippen molar-refractivity contribution in [2.24, 2.45) is 5.10 Å². The molecule has 1 aromatic heterocycles. The summed E-state index contributed by atoms with van der Waals surface area (Å²) < 4.78 is 6.70. The fourth-order valence-corrected chi connectivity index (χ4v) is 2.34. The smallest absolute Gasteiger partial charge is 0.275 e. The van der Waals surface area contributed by atoms with Gasteiger partial charge in [0.2, 0.25) is 0 Å². The molecule has 2 heterocycles. The van der Waals surface area contributed by atoms with Crippen LogP contribution in [0.5, 0.6) is 5.75 Å². The minimum atomic E-state index is -0.477. The number of hydrazone groups is 1. The van der Waals surface area contributed by atoms with E-state index in [9.17, 15) is 4.79 Å². The molecule has 0 aliphatic carbocycles. The monoisotopic (exact) mass is 284 g/mol. The van der Waals surface area contributed by atoms with Crippen LogP contribution in [0.15, 0.2) is 46.3 Å². The van der Waals surface area contributed by atoms with Gasteiger partial charge in [0.05, 0.1) is 12.8 Å². The van der Waals surface area contributed by atoms with Crippen molar-refractivity contribution in [3.63, 3.8) is 0 Å². The lowest BCUT2D eigenvalue weighted by Crippen LogP contribution is -2.36. The van der Waals surface area contributed by atoms with Crippen LogP contribution in [0.3, 0.4) is 0 Å². The highest BCUT2D eigenvalue weighted by atomic mass is 16.5. The molecule has 6 heteroatoms. The second-order valence-electron chi connectivity index (χ2n) is 5.11. The summed E-state index contributed by atoms with van der Waals surface area (Å²) in [6.07, 6.45) is 2.47. The van der Waals surface area contributed by atoms with Crippen molar-refractivity contribution in [2.45, 2.75) is 18.9 Å². The fraction of sp³-hybridized carbons (Fsp3) is 0.267. The number of methoxy groups -OCH3 is 1. The molecule has 6 nitrogen and oxygen atoms in total. The summed E-state index contributed by atoms with van der Waals surface area (Å²) in [5, 5.41) is 8.56. The normalized spacial score (nSPS) is 20.3. The van der Waals surface area contributed by atoms with E-state index in [1.54, 1.807) is 6.21 Å². The van der Waals surface area contributed by atoms with E-state index in [1.165, 1.54) is 17.9 Å². The molecule has 2 aromatic rings. The van der Waals surface area contributed by atoms with Gasteiger partial charge in [-0.15, -0.1) is 0 Å². The molecule has 1 aliphatic heterocycles. The molecule has 3 rings (SSSR count). The molecule has 1 atom stereocenters. The Labute approximate surface area is 122 Å². The Morgan fingerprint density at radius 2 is 2.10 bits per heavy atom. The zero-order valence-corrected chi connectivity index (χ0v) is 11.9. The molecule has 0 saturated heterocycles. The van der Waals surface area contributed by atoms with Crippen molar-refractivity contribution in [3.05, 3.63) is 52.4 Å². The van der Waals surface area contributed by atoms with Crippen molar-refractivity contribution in [1.82, 2.24) is 15.2 Å². The second kappa shape index (κ2) is 5.05. The van der Waals surface area contributed by atoms with Crippen LogP contribution >= 0.6 is 0 Å². The number of benzene rings is 1. The van der Waals surface area contributed by atoms with Crippen LogP contribution < -0.4 is 15.7 Å². The maximum Gasteiger partial charge on any atom is 0.275 e. The number of rotatable bonds is 3. The highest BCUT2D eigenvalue weighted by Gasteiger charge is 2.34. The van der Waals surface area contributed by atoms with Crippen LogP contribution in [-0.2, 0) is 5.54 Å². The summed E-state index contributed by atoms with van der Waals surface area (Å²) in [6, 6.07) is 10.8. The molecule has 0 fully saturated rings. The maximum absolute atomic E-state index is 12.2. The van der Waals surface area contributed by atoms with Crippen LogP contribution in [0.1, 0.15) is 19.0 Å². The van der Waals surface area contributed by atoms with Crippen molar-refractivity contribution in [3.8, 4) is 11.4 Å². The van der Waals surface area contributed by atoms with E-state index < -0.39 is 5.54 Å². The number of hydrogen-bond acceptors (Lipinski definition) is 5. The number of nitrogens with zero attached hydrogens (tertiary/aromatic N) is 3. The number of para-hydroxylation sites is 1. The first-order chi connectivity index (χ1) is 10.1. The first-order valence-electron chi connectivity index (χ1n) is 6.67. The maximum atomic E-state index is 12.2. The molecule has 0 amide bonds. The number of ether oxygens (including phenoxy) is 1. The summed E-state index contributed by atoms with van der Waals surface area (Å²) in [5.41, 5.74) is 3.70. The molecule has 0 bridgehead atoms. The lowest BCUT2D eigenvalue weighted by atomic mass is 9.95. The third-order valence-corrected chi connectivity index (χ3v) is 3.54. The van der Waals surface area contributed by atoms with Crippen LogP contribution in [0.25, 0.3) is 5.69 Å². The van der Waals surface area contributed by atoms with E-state index in [1.807, 2.05) is 37.3 Å². The van der Waals surface area contributed by atoms with E-state index in [0.717, 1.165) is 0 Å². The lowest BCUT2D eigenvalue weighted by molar-refractivity contribution is 0.348. The molecule has 21 heavy (non-hydrogen) atoms. The highest BCUT2D eigenvalue weighted by molar-refractivity contribution is 5.62. The number of aromatic nitrogens is 2. The van der Waals surface area contributed by atoms with Crippen LogP contribution in [0, 0.1) is 0 Å². The van der Waals surface area contributed by atoms with Crippen molar-refractivity contribution in [2.75, 3.05) is 7.11 Å². The van der Waals surface area contributed by atoms with Gasteiger partial charge in [-0.3, -0.25) is 10.2 Å². The highest BCUT2D eigenvalue weighted by Crippen LogP contribution is 2.31. The summed E-state index contributed by atoms with van der Waals surface area (Å²) in [6.45, 7) is 1.98. The Bertz CT molecular complexity index is 729. The van der Waals surface area contributed by atoms with Gasteiger partial charge < -0.3 is 4.74 Å². The summed E-state index contributed by atoms with van der Waals surface area (Å²) in [5.74, 6) is 0.465. The average molecular weight is 284 g/mol. The molecule has 1 N–H and O–H groups in total. The third-order valence-electron chi connectivity index (χ3n) is 3.54. The molecule has 1 aliphatic rings. The molecule has 1 aromatic carbocycles. The van der Waals surface area contributed by atoms with Gasteiger partial charge in [0.1, 0.15) is 17.0 Å². The number of hydrogen-bond donors (Lipinski definition) is 1. The Hall–Kier alpha value is -2.63. The molecular formula is C15H16N4O2. The van der Waals surface area contributed by atoms with Crippen LogP contribution in [-0.4, -0.2) is 23.1 Å². The molecule has 0 saturated carbocycles. The van der Waals surface area contributed by atoms with Crippen molar-refractivity contribution >= 4 is 6.21 Å². The van der Waals surface area contributed by atoms with E-state index in [2.05, 4.69) is 15.6 Å². The predicted octanol–water partition coefficient (Wildman–Crippen LogP) is 1.44. The minimum Gasteiger partial charge on any atom is -0.494 e. The van der Waals surface area contributed by atoms with Gasteiger partial charge in [-0.2, -0.15) is 14.9 Å². The van der Waals surface area contributed by atoms with E-state index in [-0.39, 0.29) is 5.56 Å². The average Bonchev–Trinajstić information content (AvgIpc) is 2.95. The predicted molar refractivity (Wildman–Crippen MR) is 80.0 cm³/mol. The molecule has 0 radical (unpaired) electrons. The molecular weight excluding hydrogens is 268 g/mol. The van der Waals surface area contributed by atoms with Gasteiger partial charge >= 0.3 is 0 Å². The van der Waals surface area contributed by atoms with Gasteiger partial charge in [0.15, 0.2) is 0 Å². The van der Waals surface area contributed by atoms with Crippen molar-refractivity contribution < 1.29 is 4.74 Å². The molecule has 0 spiro atoms. The Balaban J connectivity index is 2.18. The minimum absolute atomic E-state index is 0.232. The fourth-order valence-electron chi connectivity index (χ4n) is 2.34. The number of nitrogens with one attached hydrogen (secondary N) is 1. The third kappa shape index (κ3) is 2.29. The van der Waals surface area contributed by atoms with Gasteiger partial charge in [-0.25, -0.2) is 0 Å².